The van der Waals surface area contributed by atoms with Crippen molar-refractivity contribution >= 4 is 0 Å². The second-order valence-electron chi connectivity index (χ2n) is 4.17. The third kappa shape index (κ3) is 2.78. The Balaban J connectivity index is 2.82. The van der Waals surface area contributed by atoms with E-state index >= 15 is 0 Å². The van der Waals surface area contributed by atoms with Crippen LogP contribution < -0.4 is 5.73 Å². The SMILES string of the molecule is CCC(C)c1noc(C(CC)C(C)N)n1. The summed E-state index contributed by atoms with van der Waals surface area (Å²) in [7, 11) is 0. The first-order chi connectivity index (χ1) is 7.10. The van der Waals surface area contributed by atoms with Crippen LogP contribution in [0.25, 0.3) is 0 Å². The summed E-state index contributed by atoms with van der Waals surface area (Å²) in [5.74, 6) is 2.01. The molecule has 0 aliphatic heterocycles. The molecule has 0 aliphatic carbocycles. The van der Waals surface area contributed by atoms with Gasteiger partial charge in [0.2, 0.25) is 5.89 Å². The van der Waals surface area contributed by atoms with E-state index in [4.69, 9.17) is 10.3 Å². The summed E-state index contributed by atoms with van der Waals surface area (Å²) in [6.45, 7) is 8.27. The highest BCUT2D eigenvalue weighted by molar-refractivity contribution is 5.00. The van der Waals surface area contributed by atoms with E-state index in [1.807, 2.05) is 6.92 Å². The Hall–Kier alpha value is -0.900. The lowest BCUT2D eigenvalue weighted by Gasteiger charge is -2.13. The van der Waals surface area contributed by atoms with Gasteiger partial charge in [0.1, 0.15) is 0 Å². The molecule has 3 unspecified atom stereocenters. The summed E-state index contributed by atoms with van der Waals surface area (Å²) in [5, 5.41) is 4.00. The lowest BCUT2D eigenvalue weighted by molar-refractivity contribution is 0.329. The molecule has 0 bridgehead atoms. The van der Waals surface area contributed by atoms with Crippen molar-refractivity contribution < 1.29 is 4.52 Å². The molecule has 0 spiro atoms. The average molecular weight is 211 g/mol. The Kier molecular flexibility index (Phi) is 4.27. The molecule has 1 heterocycles. The van der Waals surface area contributed by atoms with Crippen molar-refractivity contribution in [1.82, 2.24) is 10.1 Å². The zero-order valence-corrected chi connectivity index (χ0v) is 10.0. The zero-order valence-electron chi connectivity index (χ0n) is 10.0. The normalized spacial score (nSPS) is 17.4. The standard InChI is InChI=1S/C11H21N3O/c1-5-7(3)10-13-11(15-14-10)9(6-2)8(4)12/h7-9H,5-6,12H2,1-4H3. The molecule has 4 nitrogen and oxygen atoms in total. The molecule has 0 amide bonds. The molecule has 0 fully saturated rings. The van der Waals surface area contributed by atoms with E-state index in [-0.39, 0.29) is 12.0 Å². The van der Waals surface area contributed by atoms with Crippen LogP contribution in [0.4, 0.5) is 0 Å². The third-order valence-electron chi connectivity index (χ3n) is 2.90. The van der Waals surface area contributed by atoms with Crippen LogP contribution in [0.3, 0.4) is 0 Å². The summed E-state index contributed by atoms with van der Waals surface area (Å²) < 4.78 is 5.26. The fraction of sp³-hybridized carbons (Fsp3) is 0.818. The fourth-order valence-electron chi connectivity index (χ4n) is 1.55. The maximum absolute atomic E-state index is 5.87. The van der Waals surface area contributed by atoms with Gasteiger partial charge in [-0.25, -0.2) is 0 Å². The maximum atomic E-state index is 5.87. The largest absolute Gasteiger partial charge is 0.339 e. The topological polar surface area (TPSA) is 64.9 Å². The molecule has 0 saturated heterocycles. The van der Waals surface area contributed by atoms with Gasteiger partial charge in [0.25, 0.3) is 0 Å². The molecular formula is C11H21N3O. The van der Waals surface area contributed by atoms with Crippen molar-refractivity contribution in [3.8, 4) is 0 Å². The van der Waals surface area contributed by atoms with Crippen molar-refractivity contribution in [3.63, 3.8) is 0 Å². The van der Waals surface area contributed by atoms with Crippen molar-refractivity contribution in [1.29, 1.82) is 0 Å². The van der Waals surface area contributed by atoms with Gasteiger partial charge in [0, 0.05) is 12.0 Å². The van der Waals surface area contributed by atoms with Crippen LogP contribution in [0.5, 0.6) is 0 Å². The minimum atomic E-state index is 0.0558. The fourth-order valence-corrected chi connectivity index (χ4v) is 1.55. The van der Waals surface area contributed by atoms with Gasteiger partial charge in [-0.15, -0.1) is 0 Å². The second kappa shape index (κ2) is 5.26. The second-order valence-corrected chi connectivity index (χ2v) is 4.17. The highest BCUT2D eigenvalue weighted by Crippen LogP contribution is 2.23. The van der Waals surface area contributed by atoms with Crippen LogP contribution >= 0.6 is 0 Å². The highest BCUT2D eigenvalue weighted by Gasteiger charge is 2.22. The first-order valence-corrected chi connectivity index (χ1v) is 5.69. The Morgan fingerprint density at radius 2 is 1.93 bits per heavy atom. The van der Waals surface area contributed by atoms with Gasteiger partial charge in [-0.3, -0.25) is 0 Å². The predicted octanol–water partition coefficient (Wildman–Crippen LogP) is 2.42. The number of rotatable bonds is 5. The van der Waals surface area contributed by atoms with Gasteiger partial charge in [0.05, 0.1) is 5.92 Å². The third-order valence-corrected chi connectivity index (χ3v) is 2.90. The Bertz CT molecular complexity index is 296. The molecule has 86 valence electrons. The minimum absolute atomic E-state index is 0.0558. The van der Waals surface area contributed by atoms with Gasteiger partial charge in [-0.2, -0.15) is 4.98 Å². The minimum Gasteiger partial charge on any atom is -0.339 e. The predicted molar refractivity (Wildman–Crippen MR) is 59.7 cm³/mol. The average Bonchev–Trinajstić information content (AvgIpc) is 2.66. The van der Waals surface area contributed by atoms with Crippen molar-refractivity contribution in [2.75, 3.05) is 0 Å². The molecule has 1 aromatic rings. The van der Waals surface area contributed by atoms with E-state index in [2.05, 4.69) is 30.9 Å². The molecule has 1 rings (SSSR count). The molecular weight excluding hydrogens is 190 g/mol. The summed E-state index contributed by atoms with van der Waals surface area (Å²) in [6.07, 6.45) is 1.95. The van der Waals surface area contributed by atoms with E-state index in [9.17, 15) is 0 Å². The monoisotopic (exact) mass is 211 g/mol. The quantitative estimate of drug-likeness (QED) is 0.812. The molecule has 2 N–H and O–H groups in total. The van der Waals surface area contributed by atoms with Gasteiger partial charge in [-0.1, -0.05) is 25.9 Å². The maximum Gasteiger partial charge on any atom is 0.231 e. The Morgan fingerprint density at radius 1 is 1.27 bits per heavy atom. The van der Waals surface area contributed by atoms with Gasteiger partial charge < -0.3 is 10.3 Å². The zero-order chi connectivity index (χ0) is 11.4. The number of nitrogens with two attached hydrogens (primary N) is 1. The van der Waals surface area contributed by atoms with Crippen LogP contribution in [0.15, 0.2) is 4.52 Å². The van der Waals surface area contributed by atoms with Crippen LogP contribution in [0, 0.1) is 0 Å². The van der Waals surface area contributed by atoms with E-state index in [1.165, 1.54) is 0 Å². The van der Waals surface area contributed by atoms with Crippen molar-refractivity contribution in [3.05, 3.63) is 11.7 Å². The molecule has 1 aromatic heterocycles. The van der Waals surface area contributed by atoms with Crippen LogP contribution in [0.2, 0.25) is 0 Å². The number of nitrogens with zero attached hydrogens (tertiary/aromatic N) is 2. The van der Waals surface area contributed by atoms with Crippen LogP contribution in [-0.2, 0) is 0 Å². The number of aromatic nitrogens is 2. The summed E-state index contributed by atoms with van der Waals surface area (Å²) in [6, 6.07) is 0.0558. The van der Waals surface area contributed by atoms with Crippen molar-refractivity contribution in [2.24, 2.45) is 5.73 Å². The van der Waals surface area contributed by atoms with Crippen LogP contribution in [0.1, 0.15) is 64.1 Å². The molecule has 0 radical (unpaired) electrons. The molecule has 4 heteroatoms. The van der Waals surface area contributed by atoms with E-state index in [0.29, 0.717) is 11.8 Å². The summed E-state index contributed by atoms with van der Waals surface area (Å²) >= 11 is 0. The van der Waals surface area contributed by atoms with Gasteiger partial charge in [-0.05, 0) is 19.8 Å². The lowest BCUT2D eigenvalue weighted by atomic mass is 9.99. The molecule has 15 heavy (non-hydrogen) atoms. The van der Waals surface area contributed by atoms with Crippen molar-refractivity contribution in [2.45, 2.75) is 58.4 Å². The molecule has 0 saturated carbocycles. The number of hydrogen-bond donors (Lipinski definition) is 1. The molecule has 3 atom stereocenters. The first kappa shape index (κ1) is 12.2. The smallest absolute Gasteiger partial charge is 0.231 e. The first-order valence-electron chi connectivity index (χ1n) is 5.69. The van der Waals surface area contributed by atoms with Gasteiger partial charge >= 0.3 is 0 Å². The summed E-state index contributed by atoms with van der Waals surface area (Å²) in [4.78, 5) is 4.42. The lowest BCUT2D eigenvalue weighted by Crippen LogP contribution is -2.24. The molecule has 0 aromatic carbocycles. The molecule has 0 aliphatic rings. The van der Waals surface area contributed by atoms with E-state index < -0.39 is 0 Å². The van der Waals surface area contributed by atoms with Gasteiger partial charge in [0.15, 0.2) is 5.82 Å². The Labute approximate surface area is 91.2 Å². The van der Waals surface area contributed by atoms with E-state index in [0.717, 1.165) is 18.7 Å². The number of hydrogen-bond acceptors (Lipinski definition) is 4. The van der Waals surface area contributed by atoms with Crippen LogP contribution in [-0.4, -0.2) is 16.2 Å². The Morgan fingerprint density at radius 3 is 2.40 bits per heavy atom. The highest BCUT2D eigenvalue weighted by atomic mass is 16.5. The van der Waals surface area contributed by atoms with E-state index in [1.54, 1.807) is 0 Å². The summed E-state index contributed by atoms with van der Waals surface area (Å²) in [5.41, 5.74) is 5.87.